The smallest absolute Gasteiger partial charge is 0.229 e. The summed E-state index contributed by atoms with van der Waals surface area (Å²) in [5, 5.41) is 4.23. The molecule has 0 bridgehead atoms. The van der Waals surface area contributed by atoms with Crippen LogP contribution in [0.1, 0.15) is 6.42 Å². The van der Waals surface area contributed by atoms with Gasteiger partial charge in [-0.05, 0) is 42.1 Å². The molecular formula is C23H23ClN4O4S. The molecule has 1 atom stereocenters. The van der Waals surface area contributed by atoms with E-state index in [0.717, 1.165) is 10.1 Å². The third kappa shape index (κ3) is 4.94. The van der Waals surface area contributed by atoms with Crippen LogP contribution < -0.4 is 19.7 Å². The Morgan fingerprint density at radius 2 is 2.03 bits per heavy atom. The lowest BCUT2D eigenvalue weighted by Crippen LogP contribution is -2.28. The van der Waals surface area contributed by atoms with Crippen LogP contribution in [0, 0.1) is 5.92 Å². The van der Waals surface area contributed by atoms with Gasteiger partial charge in [-0.25, -0.2) is 4.98 Å². The summed E-state index contributed by atoms with van der Waals surface area (Å²) in [6.45, 7) is 0.233. The summed E-state index contributed by atoms with van der Waals surface area (Å²) in [7, 11) is 4.99. The number of nitrogens with one attached hydrogen (secondary N) is 1. The lowest BCUT2D eigenvalue weighted by atomic mass is 10.1. The number of amides is 2. The van der Waals surface area contributed by atoms with Gasteiger partial charge in [0.1, 0.15) is 11.5 Å². The van der Waals surface area contributed by atoms with Crippen molar-refractivity contribution in [1.82, 2.24) is 9.55 Å². The molecule has 0 aliphatic carbocycles. The van der Waals surface area contributed by atoms with Gasteiger partial charge in [-0.3, -0.25) is 9.59 Å². The summed E-state index contributed by atoms with van der Waals surface area (Å²) in [4.78, 5) is 32.6. The number of carbonyl (C=O) groups excluding carboxylic acids is 2. The van der Waals surface area contributed by atoms with Gasteiger partial charge < -0.3 is 24.3 Å². The quantitative estimate of drug-likeness (QED) is 0.537. The molecule has 1 aliphatic rings. The molecule has 4 rings (SSSR count). The van der Waals surface area contributed by atoms with Crippen molar-refractivity contribution in [2.24, 2.45) is 13.0 Å². The molecule has 2 heterocycles. The van der Waals surface area contributed by atoms with Crippen LogP contribution in [0.25, 0.3) is 0 Å². The van der Waals surface area contributed by atoms with Gasteiger partial charge in [0.15, 0.2) is 5.16 Å². The zero-order valence-corrected chi connectivity index (χ0v) is 19.9. The number of nitrogens with zero attached hydrogens (tertiary/aromatic N) is 3. The second-order valence-corrected chi connectivity index (χ2v) is 8.94. The van der Waals surface area contributed by atoms with E-state index in [0.29, 0.717) is 27.9 Å². The average Bonchev–Trinajstić information content (AvgIpc) is 3.40. The zero-order valence-electron chi connectivity index (χ0n) is 18.4. The van der Waals surface area contributed by atoms with E-state index in [-0.39, 0.29) is 24.8 Å². The molecule has 172 valence electrons. The van der Waals surface area contributed by atoms with E-state index in [1.54, 1.807) is 48.5 Å². The molecular weight excluding hydrogens is 464 g/mol. The Hall–Kier alpha value is -3.17. The number of benzene rings is 2. The molecule has 10 heteroatoms. The van der Waals surface area contributed by atoms with Crippen molar-refractivity contribution in [2.45, 2.75) is 16.5 Å². The number of rotatable bonds is 7. The largest absolute Gasteiger partial charge is 0.497 e. The van der Waals surface area contributed by atoms with Gasteiger partial charge in [-0.1, -0.05) is 11.6 Å². The zero-order chi connectivity index (χ0) is 23.5. The van der Waals surface area contributed by atoms with Crippen LogP contribution in [0.15, 0.2) is 58.8 Å². The topological polar surface area (TPSA) is 85.7 Å². The van der Waals surface area contributed by atoms with Gasteiger partial charge in [-0.2, -0.15) is 0 Å². The Bertz CT molecular complexity index is 1200. The lowest BCUT2D eigenvalue weighted by molar-refractivity contribution is -0.122. The number of hydrogen-bond donors (Lipinski definition) is 1. The second kappa shape index (κ2) is 9.76. The third-order valence-electron chi connectivity index (χ3n) is 5.35. The monoisotopic (exact) mass is 486 g/mol. The molecule has 8 nitrogen and oxygen atoms in total. The Balaban J connectivity index is 1.53. The highest BCUT2D eigenvalue weighted by atomic mass is 35.5. The van der Waals surface area contributed by atoms with Gasteiger partial charge in [0, 0.05) is 48.4 Å². The van der Waals surface area contributed by atoms with Crippen LogP contribution >= 0.6 is 23.4 Å². The summed E-state index contributed by atoms with van der Waals surface area (Å²) in [5.41, 5.74) is 1.15. The number of imidazole rings is 1. The number of anilines is 2. The van der Waals surface area contributed by atoms with Crippen molar-refractivity contribution in [3.8, 4) is 11.5 Å². The molecule has 1 aromatic heterocycles. The van der Waals surface area contributed by atoms with Crippen LogP contribution in [0.4, 0.5) is 11.4 Å². The first-order valence-electron chi connectivity index (χ1n) is 10.2. The predicted molar refractivity (Wildman–Crippen MR) is 127 cm³/mol. The van der Waals surface area contributed by atoms with E-state index in [2.05, 4.69) is 10.3 Å². The normalized spacial score (nSPS) is 15.6. The summed E-state index contributed by atoms with van der Waals surface area (Å²) in [5.74, 6) is 0.195. The number of methoxy groups -OCH3 is 2. The molecule has 1 N–H and O–H groups in total. The molecule has 1 aliphatic heterocycles. The maximum absolute atomic E-state index is 13.1. The van der Waals surface area contributed by atoms with Gasteiger partial charge in [-0.15, -0.1) is 0 Å². The first kappa shape index (κ1) is 23.0. The fraction of sp³-hybridized carbons (Fsp3) is 0.261. The van der Waals surface area contributed by atoms with Crippen molar-refractivity contribution >= 4 is 46.6 Å². The fourth-order valence-electron chi connectivity index (χ4n) is 3.60. The average molecular weight is 487 g/mol. The Morgan fingerprint density at radius 1 is 1.21 bits per heavy atom. The maximum atomic E-state index is 13.1. The first-order valence-corrected chi connectivity index (χ1v) is 11.4. The Morgan fingerprint density at radius 3 is 2.73 bits per heavy atom. The number of aryl methyl sites for hydroxylation is 1. The van der Waals surface area contributed by atoms with Crippen LogP contribution in [0.5, 0.6) is 11.5 Å². The van der Waals surface area contributed by atoms with E-state index in [1.165, 1.54) is 18.9 Å². The van der Waals surface area contributed by atoms with Crippen molar-refractivity contribution in [2.75, 3.05) is 31.0 Å². The van der Waals surface area contributed by atoms with Gasteiger partial charge in [0.25, 0.3) is 0 Å². The van der Waals surface area contributed by atoms with Gasteiger partial charge in [0.2, 0.25) is 11.8 Å². The number of aromatic nitrogens is 2. The molecule has 1 unspecified atom stereocenters. The highest BCUT2D eigenvalue weighted by Crippen LogP contribution is 2.37. The van der Waals surface area contributed by atoms with Crippen LogP contribution in [0.3, 0.4) is 0 Å². The molecule has 0 saturated carbocycles. The molecule has 1 saturated heterocycles. The molecule has 33 heavy (non-hydrogen) atoms. The fourth-order valence-corrected chi connectivity index (χ4v) is 4.64. The van der Waals surface area contributed by atoms with Crippen LogP contribution in [0.2, 0.25) is 5.02 Å². The molecule has 0 spiro atoms. The Labute approximate surface area is 200 Å². The van der Waals surface area contributed by atoms with Gasteiger partial charge >= 0.3 is 0 Å². The standard InChI is InChI=1S/C23H23ClN4O4S/c1-27-9-8-25-23(27)33-20-7-4-15(24)11-17(20)26-22(30)14-10-21(29)28(13-14)18-12-16(31-2)5-6-19(18)32-3/h4-9,11-12,14H,10,13H2,1-3H3,(H,26,30). The highest BCUT2D eigenvalue weighted by Gasteiger charge is 2.36. The minimum absolute atomic E-state index is 0.0919. The van der Waals surface area contributed by atoms with Crippen molar-refractivity contribution < 1.29 is 19.1 Å². The van der Waals surface area contributed by atoms with E-state index < -0.39 is 5.92 Å². The Kier molecular flexibility index (Phi) is 6.80. The SMILES string of the molecule is COc1ccc(OC)c(N2CC(C(=O)Nc3cc(Cl)ccc3Sc3nccn3C)CC2=O)c1. The molecule has 0 radical (unpaired) electrons. The summed E-state index contributed by atoms with van der Waals surface area (Å²) in [6, 6.07) is 10.5. The summed E-state index contributed by atoms with van der Waals surface area (Å²) >= 11 is 7.61. The third-order valence-corrected chi connectivity index (χ3v) is 6.74. The first-order chi connectivity index (χ1) is 15.9. The maximum Gasteiger partial charge on any atom is 0.229 e. The predicted octanol–water partition coefficient (Wildman–Crippen LogP) is 4.23. The minimum atomic E-state index is -0.529. The number of halogens is 1. The molecule has 1 fully saturated rings. The summed E-state index contributed by atoms with van der Waals surface area (Å²) < 4.78 is 12.6. The number of carbonyl (C=O) groups is 2. The van der Waals surface area contributed by atoms with Crippen molar-refractivity contribution in [1.29, 1.82) is 0 Å². The molecule has 3 aromatic rings. The van der Waals surface area contributed by atoms with Crippen LogP contribution in [-0.4, -0.2) is 42.1 Å². The van der Waals surface area contributed by atoms with E-state index in [4.69, 9.17) is 21.1 Å². The van der Waals surface area contributed by atoms with Crippen molar-refractivity contribution in [3.63, 3.8) is 0 Å². The number of ether oxygens (including phenoxy) is 2. The highest BCUT2D eigenvalue weighted by molar-refractivity contribution is 7.99. The van der Waals surface area contributed by atoms with E-state index in [9.17, 15) is 9.59 Å². The minimum Gasteiger partial charge on any atom is -0.497 e. The molecule has 2 amide bonds. The van der Waals surface area contributed by atoms with E-state index >= 15 is 0 Å². The summed E-state index contributed by atoms with van der Waals surface area (Å²) in [6.07, 6.45) is 3.65. The molecule has 2 aromatic carbocycles. The van der Waals surface area contributed by atoms with Gasteiger partial charge in [0.05, 0.1) is 31.5 Å². The second-order valence-electron chi connectivity index (χ2n) is 7.50. The van der Waals surface area contributed by atoms with E-state index in [1.807, 2.05) is 23.9 Å². The number of hydrogen-bond acceptors (Lipinski definition) is 6. The van der Waals surface area contributed by atoms with Crippen molar-refractivity contribution in [3.05, 3.63) is 53.8 Å². The van der Waals surface area contributed by atoms with Crippen LogP contribution in [-0.2, 0) is 16.6 Å². The lowest BCUT2D eigenvalue weighted by Gasteiger charge is -2.20.